The van der Waals surface area contributed by atoms with Gasteiger partial charge < -0.3 is 33.6 Å². The van der Waals surface area contributed by atoms with Gasteiger partial charge in [0.25, 0.3) is 0 Å². The van der Waals surface area contributed by atoms with Crippen LogP contribution in [0.3, 0.4) is 0 Å². The molecule has 3 aromatic rings. The molecule has 9 nitrogen and oxygen atoms in total. The molecule has 3 atom stereocenters. The zero-order valence-electron chi connectivity index (χ0n) is 20.3. The maximum Gasteiger partial charge on any atom is 0.344 e. The van der Waals surface area contributed by atoms with Crippen molar-refractivity contribution < 1.29 is 38.4 Å². The summed E-state index contributed by atoms with van der Waals surface area (Å²) in [5.41, 5.74) is -0.889. The highest BCUT2D eigenvalue weighted by Gasteiger charge is 2.43. The molecule has 0 spiro atoms. The topological polar surface area (TPSA) is 125 Å². The summed E-state index contributed by atoms with van der Waals surface area (Å²) >= 11 is 0. The Morgan fingerprint density at radius 2 is 1.59 bits per heavy atom. The van der Waals surface area contributed by atoms with Crippen LogP contribution in [-0.4, -0.2) is 43.6 Å². The standard InChI is InChI=1S/C28H24O9/c1-33-19-12-14(13-20(34-2)26(19)35-3)21(22-24(29)15-8-4-6-10-17(15)36-27(22)31)23-25(30)16-9-5-7-11-18(16)37-28(23)32/h4-13,15,17,21,29-30H,1-3H3. The van der Waals surface area contributed by atoms with Gasteiger partial charge in [-0.25, -0.2) is 9.59 Å². The fraction of sp³-hybridized carbons (Fsp3) is 0.214. The van der Waals surface area contributed by atoms with Gasteiger partial charge in [0.2, 0.25) is 5.75 Å². The Kier molecular flexibility index (Phi) is 6.12. The van der Waals surface area contributed by atoms with Gasteiger partial charge >= 0.3 is 11.6 Å². The number of rotatable bonds is 6. The van der Waals surface area contributed by atoms with Crippen molar-refractivity contribution in [2.45, 2.75) is 12.0 Å². The second-order valence-electron chi connectivity index (χ2n) is 8.50. The van der Waals surface area contributed by atoms with Crippen LogP contribution in [-0.2, 0) is 9.53 Å². The van der Waals surface area contributed by atoms with Crippen molar-refractivity contribution >= 4 is 16.9 Å². The molecule has 190 valence electrons. The predicted molar refractivity (Wildman–Crippen MR) is 133 cm³/mol. The second kappa shape index (κ2) is 9.42. The molecule has 2 heterocycles. The van der Waals surface area contributed by atoms with E-state index in [1.54, 1.807) is 48.6 Å². The minimum atomic E-state index is -1.30. The number of ether oxygens (including phenoxy) is 4. The molecule has 1 aromatic heterocycles. The molecule has 0 fully saturated rings. The third-order valence-electron chi connectivity index (χ3n) is 6.56. The molecule has 0 saturated heterocycles. The van der Waals surface area contributed by atoms with Gasteiger partial charge in [-0.2, -0.15) is 0 Å². The molecule has 0 amide bonds. The molecule has 0 saturated carbocycles. The fourth-order valence-electron chi connectivity index (χ4n) is 4.83. The minimum Gasteiger partial charge on any atom is -0.511 e. The van der Waals surface area contributed by atoms with E-state index in [1.165, 1.54) is 33.5 Å². The number of hydrogen-bond donors (Lipinski definition) is 2. The number of fused-ring (bicyclic) bond motifs is 2. The summed E-state index contributed by atoms with van der Waals surface area (Å²) < 4.78 is 27.5. The van der Waals surface area contributed by atoms with Gasteiger partial charge in [0, 0.05) is 0 Å². The average Bonchev–Trinajstić information content (AvgIpc) is 2.91. The quantitative estimate of drug-likeness (QED) is 0.376. The van der Waals surface area contributed by atoms with Crippen molar-refractivity contribution in [2.75, 3.05) is 21.3 Å². The van der Waals surface area contributed by atoms with Crippen LogP contribution in [0.4, 0.5) is 0 Å². The molecule has 0 radical (unpaired) electrons. The van der Waals surface area contributed by atoms with Crippen LogP contribution in [0.25, 0.3) is 11.0 Å². The molecule has 1 aliphatic heterocycles. The molecule has 1 aliphatic carbocycles. The molecule has 2 aliphatic rings. The SMILES string of the molecule is COc1cc(C(C2=C(O)C3C=CC=CC3OC2=O)c2c(O)c3ccccc3oc2=O)cc(OC)c1OC. The number of aliphatic hydroxyl groups excluding tert-OH is 1. The van der Waals surface area contributed by atoms with Crippen molar-refractivity contribution in [1.29, 1.82) is 0 Å². The van der Waals surface area contributed by atoms with Crippen molar-refractivity contribution in [3.8, 4) is 23.0 Å². The lowest BCUT2D eigenvalue weighted by Gasteiger charge is -2.33. The van der Waals surface area contributed by atoms with Crippen LogP contribution in [0.5, 0.6) is 23.0 Å². The van der Waals surface area contributed by atoms with Crippen molar-refractivity contribution in [3.05, 3.63) is 93.6 Å². The monoisotopic (exact) mass is 504 g/mol. The van der Waals surface area contributed by atoms with E-state index >= 15 is 0 Å². The lowest BCUT2D eigenvalue weighted by Crippen LogP contribution is -2.36. The number of methoxy groups -OCH3 is 3. The van der Waals surface area contributed by atoms with Crippen LogP contribution in [0.15, 0.2) is 81.2 Å². The Hall–Kier alpha value is -4.66. The Bertz CT molecular complexity index is 1520. The highest BCUT2D eigenvalue weighted by atomic mass is 16.5. The van der Waals surface area contributed by atoms with Crippen LogP contribution in [0.1, 0.15) is 17.0 Å². The fourth-order valence-corrected chi connectivity index (χ4v) is 4.83. The Labute approximate surface area is 211 Å². The first-order valence-electron chi connectivity index (χ1n) is 11.4. The van der Waals surface area contributed by atoms with E-state index < -0.39 is 29.5 Å². The molecule has 3 unspecified atom stereocenters. The summed E-state index contributed by atoms with van der Waals surface area (Å²) in [6, 6.07) is 9.55. The highest BCUT2D eigenvalue weighted by molar-refractivity contribution is 5.94. The third-order valence-corrected chi connectivity index (χ3v) is 6.56. The summed E-state index contributed by atoms with van der Waals surface area (Å²) in [6.45, 7) is 0. The van der Waals surface area contributed by atoms with E-state index in [2.05, 4.69) is 0 Å². The minimum absolute atomic E-state index is 0.169. The number of aromatic hydroxyl groups is 1. The average molecular weight is 504 g/mol. The molecule has 37 heavy (non-hydrogen) atoms. The van der Waals surface area contributed by atoms with Crippen molar-refractivity contribution in [3.63, 3.8) is 0 Å². The van der Waals surface area contributed by atoms with Gasteiger partial charge in [0.1, 0.15) is 23.2 Å². The van der Waals surface area contributed by atoms with Gasteiger partial charge in [-0.15, -0.1) is 0 Å². The van der Waals surface area contributed by atoms with E-state index in [9.17, 15) is 19.8 Å². The second-order valence-corrected chi connectivity index (χ2v) is 8.50. The molecule has 5 rings (SSSR count). The number of allylic oxidation sites excluding steroid dienone is 2. The summed E-state index contributed by atoms with van der Waals surface area (Å²) in [6.07, 6.45) is 6.09. The molecule has 0 bridgehead atoms. The van der Waals surface area contributed by atoms with Crippen LogP contribution < -0.4 is 19.8 Å². The van der Waals surface area contributed by atoms with Crippen LogP contribution in [0.2, 0.25) is 0 Å². The zero-order valence-corrected chi connectivity index (χ0v) is 20.3. The molecule has 9 heteroatoms. The number of carbonyl (C=O) groups is 1. The number of esters is 1. The van der Waals surface area contributed by atoms with Crippen molar-refractivity contribution in [1.82, 2.24) is 0 Å². The van der Waals surface area contributed by atoms with E-state index in [0.717, 1.165) is 0 Å². The number of para-hydroxylation sites is 1. The highest BCUT2D eigenvalue weighted by Crippen LogP contribution is 2.47. The zero-order chi connectivity index (χ0) is 26.3. The lowest BCUT2D eigenvalue weighted by molar-refractivity contribution is -0.146. The first kappa shape index (κ1) is 24.1. The smallest absolute Gasteiger partial charge is 0.344 e. The molecular weight excluding hydrogens is 480 g/mol. The predicted octanol–water partition coefficient (Wildman–Crippen LogP) is 4.14. The third kappa shape index (κ3) is 3.88. The van der Waals surface area contributed by atoms with E-state index in [1.807, 2.05) is 0 Å². The first-order chi connectivity index (χ1) is 17.9. The normalized spacial score (nSPS) is 19.4. The van der Waals surface area contributed by atoms with Gasteiger partial charge in [-0.1, -0.05) is 30.4 Å². The number of benzene rings is 2. The molecular formula is C28H24O9. The van der Waals surface area contributed by atoms with Crippen LogP contribution in [0, 0.1) is 5.92 Å². The summed E-state index contributed by atoms with van der Waals surface area (Å²) in [5, 5.41) is 23.0. The summed E-state index contributed by atoms with van der Waals surface area (Å²) in [7, 11) is 4.29. The largest absolute Gasteiger partial charge is 0.511 e. The van der Waals surface area contributed by atoms with Crippen LogP contribution >= 0.6 is 0 Å². The van der Waals surface area contributed by atoms with Gasteiger partial charge in [-0.05, 0) is 35.9 Å². The maximum atomic E-state index is 13.4. The first-order valence-corrected chi connectivity index (χ1v) is 11.4. The van der Waals surface area contributed by atoms with Crippen molar-refractivity contribution in [2.24, 2.45) is 5.92 Å². The number of aliphatic hydroxyl groups is 1. The molecule has 2 aromatic carbocycles. The Balaban J connectivity index is 1.85. The number of carbonyl (C=O) groups excluding carboxylic acids is 1. The summed E-state index contributed by atoms with van der Waals surface area (Å²) in [5.74, 6) is -2.72. The summed E-state index contributed by atoms with van der Waals surface area (Å²) in [4.78, 5) is 26.7. The van der Waals surface area contributed by atoms with Gasteiger partial charge in [-0.3, -0.25) is 0 Å². The van der Waals surface area contributed by atoms with Gasteiger partial charge in [0.15, 0.2) is 11.5 Å². The van der Waals surface area contributed by atoms with E-state index in [-0.39, 0.29) is 50.9 Å². The Morgan fingerprint density at radius 1 is 0.919 bits per heavy atom. The molecule has 2 N–H and O–H groups in total. The van der Waals surface area contributed by atoms with E-state index in [4.69, 9.17) is 23.4 Å². The Morgan fingerprint density at radius 3 is 2.27 bits per heavy atom. The lowest BCUT2D eigenvalue weighted by atomic mass is 9.79. The van der Waals surface area contributed by atoms with Gasteiger partial charge in [0.05, 0.1) is 49.7 Å². The number of hydrogen-bond acceptors (Lipinski definition) is 9. The maximum absolute atomic E-state index is 13.4. The van der Waals surface area contributed by atoms with E-state index in [0.29, 0.717) is 5.56 Å².